The molecule has 31 heavy (non-hydrogen) atoms. The summed E-state index contributed by atoms with van der Waals surface area (Å²) in [6.07, 6.45) is 1.76. The van der Waals surface area contributed by atoms with E-state index in [9.17, 15) is 9.59 Å². The quantitative estimate of drug-likeness (QED) is 0.479. The summed E-state index contributed by atoms with van der Waals surface area (Å²) < 4.78 is 11.2. The van der Waals surface area contributed by atoms with Crippen molar-refractivity contribution in [2.75, 3.05) is 13.7 Å². The van der Waals surface area contributed by atoms with Crippen LogP contribution in [-0.4, -0.2) is 34.4 Å². The second-order valence-corrected chi connectivity index (χ2v) is 7.53. The van der Waals surface area contributed by atoms with Crippen LogP contribution in [0.4, 0.5) is 0 Å². The summed E-state index contributed by atoms with van der Waals surface area (Å²) in [5, 5.41) is 1.37. The number of methoxy groups -OCH3 is 1. The number of fused-ring (bicyclic) bond motifs is 2. The Bertz CT molecular complexity index is 1310. The zero-order valence-electron chi connectivity index (χ0n) is 17.9. The van der Waals surface area contributed by atoms with Crippen LogP contribution in [0.2, 0.25) is 0 Å². The number of aromatic amines is 1. The summed E-state index contributed by atoms with van der Waals surface area (Å²) in [4.78, 5) is 34.9. The van der Waals surface area contributed by atoms with E-state index in [2.05, 4.69) is 16.9 Å². The average molecular weight is 419 g/mol. The zero-order chi connectivity index (χ0) is 22.0. The number of para-hydroxylation sites is 1. The van der Waals surface area contributed by atoms with E-state index in [1.807, 2.05) is 19.1 Å². The molecule has 2 aromatic carbocycles. The van der Waals surface area contributed by atoms with Gasteiger partial charge in [0, 0.05) is 17.5 Å². The number of furan rings is 1. The van der Waals surface area contributed by atoms with Crippen molar-refractivity contribution in [3.05, 3.63) is 70.0 Å². The van der Waals surface area contributed by atoms with E-state index in [0.717, 1.165) is 23.8 Å². The summed E-state index contributed by atoms with van der Waals surface area (Å²) in [6, 6.07) is 12.6. The maximum atomic E-state index is 13.4. The van der Waals surface area contributed by atoms with Crippen LogP contribution < -0.4 is 10.3 Å². The normalized spacial score (nSPS) is 11.2. The van der Waals surface area contributed by atoms with E-state index in [1.54, 1.807) is 42.3 Å². The fraction of sp³-hybridized carbons (Fsp3) is 0.292. The third-order valence-corrected chi connectivity index (χ3v) is 5.41. The van der Waals surface area contributed by atoms with Gasteiger partial charge in [-0.15, -0.1) is 0 Å². The molecule has 0 aliphatic heterocycles. The Morgan fingerprint density at radius 3 is 2.77 bits per heavy atom. The first-order valence-electron chi connectivity index (χ1n) is 10.4. The topological polar surface area (TPSA) is 88.4 Å². The Morgan fingerprint density at radius 2 is 2.00 bits per heavy atom. The summed E-state index contributed by atoms with van der Waals surface area (Å²) >= 11 is 0. The number of aromatic nitrogens is 2. The molecule has 0 aliphatic rings. The molecule has 160 valence electrons. The summed E-state index contributed by atoms with van der Waals surface area (Å²) in [6.45, 7) is 4.66. The molecule has 0 aliphatic carbocycles. The molecule has 0 bridgehead atoms. The molecule has 2 heterocycles. The molecule has 4 aromatic rings. The van der Waals surface area contributed by atoms with Gasteiger partial charge in [-0.1, -0.05) is 25.5 Å². The van der Waals surface area contributed by atoms with Crippen LogP contribution in [0, 0.1) is 6.92 Å². The highest BCUT2D eigenvalue weighted by Gasteiger charge is 2.24. The van der Waals surface area contributed by atoms with Crippen LogP contribution >= 0.6 is 0 Å². The minimum atomic E-state index is -0.225. The van der Waals surface area contributed by atoms with Crippen molar-refractivity contribution < 1.29 is 13.9 Å². The predicted molar refractivity (Wildman–Crippen MR) is 120 cm³/mol. The number of aryl methyl sites for hydroxylation is 1. The van der Waals surface area contributed by atoms with E-state index in [-0.39, 0.29) is 18.0 Å². The fourth-order valence-corrected chi connectivity index (χ4v) is 3.67. The SMILES string of the molecule is CCCCN(Cc1nc2ccccc2c(=O)[nH]1)C(=O)c1oc2ccc(OC)cc2c1C. The van der Waals surface area contributed by atoms with Crippen molar-refractivity contribution in [3.8, 4) is 5.75 Å². The lowest BCUT2D eigenvalue weighted by atomic mass is 10.1. The highest BCUT2D eigenvalue weighted by Crippen LogP contribution is 2.29. The molecule has 4 rings (SSSR count). The van der Waals surface area contributed by atoms with E-state index >= 15 is 0 Å². The number of H-pyrrole nitrogens is 1. The number of carbonyl (C=O) groups excluding carboxylic acids is 1. The van der Waals surface area contributed by atoms with Crippen LogP contribution in [-0.2, 0) is 6.54 Å². The molecule has 7 heteroatoms. The van der Waals surface area contributed by atoms with Gasteiger partial charge < -0.3 is 19.0 Å². The van der Waals surface area contributed by atoms with Crippen LogP contribution in [0.5, 0.6) is 5.75 Å². The average Bonchev–Trinajstić information content (AvgIpc) is 3.12. The van der Waals surface area contributed by atoms with Gasteiger partial charge in [0.05, 0.1) is 24.6 Å². The summed E-state index contributed by atoms with van der Waals surface area (Å²) in [5.41, 5.74) is 1.79. The Balaban J connectivity index is 1.69. The van der Waals surface area contributed by atoms with Gasteiger partial charge in [0.1, 0.15) is 17.2 Å². The lowest BCUT2D eigenvalue weighted by Gasteiger charge is -2.21. The van der Waals surface area contributed by atoms with Crippen LogP contribution in [0.3, 0.4) is 0 Å². The highest BCUT2D eigenvalue weighted by molar-refractivity contribution is 5.99. The van der Waals surface area contributed by atoms with Gasteiger partial charge in [-0.05, 0) is 43.7 Å². The number of hydrogen-bond donors (Lipinski definition) is 1. The molecule has 0 fully saturated rings. The van der Waals surface area contributed by atoms with Crippen molar-refractivity contribution >= 4 is 27.8 Å². The Morgan fingerprint density at radius 1 is 1.19 bits per heavy atom. The lowest BCUT2D eigenvalue weighted by Crippen LogP contribution is -2.33. The molecule has 2 aromatic heterocycles. The molecule has 0 unspecified atom stereocenters. The third-order valence-electron chi connectivity index (χ3n) is 5.41. The summed E-state index contributed by atoms with van der Waals surface area (Å²) in [5.74, 6) is 1.22. The highest BCUT2D eigenvalue weighted by atomic mass is 16.5. The first kappa shape index (κ1) is 20.7. The largest absolute Gasteiger partial charge is 0.497 e. The number of rotatable bonds is 7. The molecule has 1 amide bonds. The van der Waals surface area contributed by atoms with Crippen molar-refractivity contribution in [1.29, 1.82) is 0 Å². The van der Waals surface area contributed by atoms with Crippen LogP contribution in [0.1, 0.15) is 41.7 Å². The summed E-state index contributed by atoms with van der Waals surface area (Å²) in [7, 11) is 1.60. The van der Waals surface area contributed by atoms with Gasteiger partial charge in [-0.3, -0.25) is 9.59 Å². The Kier molecular flexibility index (Phi) is 5.75. The van der Waals surface area contributed by atoms with Crippen LogP contribution in [0.15, 0.2) is 51.7 Å². The number of carbonyl (C=O) groups is 1. The van der Waals surface area contributed by atoms with Gasteiger partial charge in [0.2, 0.25) is 0 Å². The number of unbranched alkanes of at least 4 members (excludes halogenated alkanes) is 1. The van der Waals surface area contributed by atoms with E-state index in [0.29, 0.717) is 40.4 Å². The first-order valence-corrected chi connectivity index (χ1v) is 10.4. The second kappa shape index (κ2) is 8.63. The van der Waals surface area contributed by atoms with Crippen molar-refractivity contribution in [2.45, 2.75) is 33.2 Å². The number of hydrogen-bond acceptors (Lipinski definition) is 5. The molecular weight excluding hydrogens is 394 g/mol. The Labute approximate surface area is 179 Å². The minimum absolute atomic E-state index is 0.193. The van der Waals surface area contributed by atoms with Gasteiger partial charge >= 0.3 is 0 Å². The van der Waals surface area contributed by atoms with Gasteiger partial charge in [0.15, 0.2) is 5.76 Å². The van der Waals surface area contributed by atoms with E-state index < -0.39 is 0 Å². The van der Waals surface area contributed by atoms with Gasteiger partial charge in [-0.25, -0.2) is 4.98 Å². The molecule has 0 atom stereocenters. The molecular formula is C24H25N3O4. The number of amides is 1. The van der Waals surface area contributed by atoms with Crippen LogP contribution in [0.25, 0.3) is 21.9 Å². The van der Waals surface area contributed by atoms with E-state index in [1.165, 1.54) is 0 Å². The standard InChI is InChI=1S/C24H25N3O4/c1-4-5-12-27(14-21-25-19-9-7-6-8-17(19)23(28)26-21)24(29)22-15(2)18-13-16(30-3)10-11-20(18)31-22/h6-11,13H,4-5,12,14H2,1-3H3,(H,25,26,28). The third kappa shape index (κ3) is 4.03. The zero-order valence-corrected chi connectivity index (χ0v) is 17.9. The first-order chi connectivity index (χ1) is 15.0. The maximum absolute atomic E-state index is 13.4. The molecule has 0 radical (unpaired) electrons. The predicted octanol–water partition coefficient (Wildman–Crippen LogP) is 4.43. The molecule has 7 nitrogen and oxygen atoms in total. The number of benzene rings is 2. The minimum Gasteiger partial charge on any atom is -0.497 e. The second-order valence-electron chi connectivity index (χ2n) is 7.53. The van der Waals surface area contributed by atoms with Crippen molar-refractivity contribution in [2.24, 2.45) is 0 Å². The molecule has 0 saturated heterocycles. The number of ether oxygens (including phenoxy) is 1. The monoisotopic (exact) mass is 419 g/mol. The fourth-order valence-electron chi connectivity index (χ4n) is 3.67. The van der Waals surface area contributed by atoms with E-state index in [4.69, 9.17) is 9.15 Å². The lowest BCUT2D eigenvalue weighted by molar-refractivity contribution is 0.0705. The number of nitrogens with one attached hydrogen (secondary N) is 1. The smallest absolute Gasteiger partial charge is 0.290 e. The van der Waals surface area contributed by atoms with Crippen molar-refractivity contribution in [1.82, 2.24) is 14.9 Å². The molecule has 0 spiro atoms. The Hall–Kier alpha value is -3.61. The maximum Gasteiger partial charge on any atom is 0.290 e. The van der Waals surface area contributed by atoms with Gasteiger partial charge in [-0.2, -0.15) is 0 Å². The van der Waals surface area contributed by atoms with Crippen molar-refractivity contribution in [3.63, 3.8) is 0 Å². The number of nitrogens with zero attached hydrogens (tertiary/aromatic N) is 2. The molecule has 0 saturated carbocycles. The molecule has 1 N–H and O–H groups in total. The van der Waals surface area contributed by atoms with Gasteiger partial charge in [0.25, 0.3) is 11.5 Å².